The van der Waals surface area contributed by atoms with Gasteiger partial charge >= 0.3 is 6.03 Å². The molecule has 3 atom stereocenters. The number of sulfonamides is 1. The van der Waals surface area contributed by atoms with Crippen molar-refractivity contribution in [3.05, 3.63) is 59.9 Å². The van der Waals surface area contributed by atoms with Crippen molar-refractivity contribution in [1.82, 2.24) is 14.5 Å². The van der Waals surface area contributed by atoms with Crippen LogP contribution in [0.3, 0.4) is 0 Å². The molecular weight excluding hydrogens is 523 g/mol. The second-order valence-electron chi connectivity index (χ2n) is 10.7. The van der Waals surface area contributed by atoms with E-state index in [1.165, 1.54) is 52.8 Å². The first kappa shape index (κ1) is 28.7. The van der Waals surface area contributed by atoms with Crippen LogP contribution >= 0.6 is 0 Å². The Labute approximate surface area is 228 Å². The normalized spacial score (nSPS) is 24.1. The maximum atomic E-state index is 13.5. The number of carbonyl (C=O) groups excluding carboxylic acids is 3. The topological polar surface area (TPSA) is 116 Å². The highest BCUT2D eigenvalue weighted by Gasteiger charge is 2.52. The van der Waals surface area contributed by atoms with Crippen molar-refractivity contribution < 1.29 is 27.2 Å². The van der Waals surface area contributed by atoms with Gasteiger partial charge in [0.1, 0.15) is 17.9 Å². The number of rotatable bonds is 9. The van der Waals surface area contributed by atoms with Crippen LogP contribution in [-0.4, -0.2) is 55.1 Å². The number of halogens is 1. The molecule has 0 radical (unpaired) electrons. The molecule has 2 aliphatic rings. The zero-order chi connectivity index (χ0) is 28.4. The van der Waals surface area contributed by atoms with E-state index in [-0.39, 0.29) is 16.7 Å². The van der Waals surface area contributed by atoms with E-state index in [9.17, 15) is 27.2 Å². The molecule has 0 bridgehead atoms. The summed E-state index contributed by atoms with van der Waals surface area (Å²) in [5, 5.41) is 5.36. The van der Waals surface area contributed by atoms with Crippen molar-refractivity contribution in [2.75, 3.05) is 25.0 Å². The number of urea groups is 1. The smallest absolute Gasteiger partial charge is 0.325 e. The van der Waals surface area contributed by atoms with Gasteiger partial charge in [0.25, 0.3) is 5.91 Å². The van der Waals surface area contributed by atoms with Crippen LogP contribution in [0, 0.1) is 17.7 Å². The Hall–Kier alpha value is -3.31. The summed E-state index contributed by atoms with van der Waals surface area (Å²) in [4.78, 5) is 40.1. The lowest BCUT2D eigenvalue weighted by atomic mass is 9.85. The molecule has 2 saturated heterocycles. The van der Waals surface area contributed by atoms with Gasteiger partial charge < -0.3 is 10.6 Å². The maximum Gasteiger partial charge on any atom is 0.325 e. The maximum absolute atomic E-state index is 13.5. The number of nitrogens with one attached hydrogen (secondary N) is 2. The molecular formula is C28H35FN4O5S. The quantitative estimate of drug-likeness (QED) is 0.450. The number of anilines is 1. The van der Waals surface area contributed by atoms with Crippen molar-refractivity contribution >= 4 is 33.6 Å². The Balaban J connectivity index is 1.45. The zero-order valence-electron chi connectivity index (χ0n) is 22.4. The summed E-state index contributed by atoms with van der Waals surface area (Å²) in [6.07, 6.45) is 2.70. The fraction of sp³-hybridized carbons (Fsp3) is 0.464. The molecule has 4 amide bonds. The van der Waals surface area contributed by atoms with Crippen molar-refractivity contribution in [2.24, 2.45) is 11.8 Å². The molecule has 210 valence electrons. The molecule has 2 aromatic carbocycles. The molecule has 0 spiro atoms. The van der Waals surface area contributed by atoms with Crippen LogP contribution in [0.2, 0.25) is 0 Å². The van der Waals surface area contributed by atoms with Gasteiger partial charge in [0.2, 0.25) is 15.9 Å². The lowest BCUT2D eigenvalue weighted by molar-refractivity contribution is -0.134. The molecule has 2 aliphatic heterocycles. The fourth-order valence-corrected chi connectivity index (χ4v) is 7.14. The number of unbranched alkanes of at least 4 members (excludes halogenated alkanes) is 1. The minimum Gasteiger partial charge on any atom is -0.325 e. The summed E-state index contributed by atoms with van der Waals surface area (Å²) >= 11 is 0. The van der Waals surface area contributed by atoms with Crippen LogP contribution in [0.4, 0.5) is 14.9 Å². The van der Waals surface area contributed by atoms with Crippen molar-refractivity contribution in [1.29, 1.82) is 0 Å². The molecule has 2 aromatic rings. The van der Waals surface area contributed by atoms with E-state index < -0.39 is 45.8 Å². The minimum absolute atomic E-state index is 0.135. The molecule has 0 aromatic heterocycles. The summed E-state index contributed by atoms with van der Waals surface area (Å²) in [6.45, 7) is 6.44. The van der Waals surface area contributed by atoms with Crippen LogP contribution < -0.4 is 10.6 Å². The summed E-state index contributed by atoms with van der Waals surface area (Å²) in [6, 6.07) is 10.5. The average Bonchev–Trinajstić information content (AvgIpc) is 3.12. The molecule has 11 heteroatoms. The SMILES string of the molecule is CCCC[C@]1(c2ccc(F)cc2)NC(=O)N(CC(=O)Nc2ccc(S(=O)(=O)N3C[C@@H](C)C[C@H](C)C3)cc2)C1=O. The summed E-state index contributed by atoms with van der Waals surface area (Å²) in [5.74, 6) is -1.10. The zero-order valence-corrected chi connectivity index (χ0v) is 23.3. The number of imide groups is 1. The van der Waals surface area contributed by atoms with Crippen molar-refractivity contribution in [2.45, 2.75) is 56.9 Å². The molecule has 0 aliphatic carbocycles. The van der Waals surface area contributed by atoms with Gasteiger partial charge in [0, 0.05) is 18.8 Å². The number of amides is 4. The van der Waals surface area contributed by atoms with Crippen LogP contribution in [0.1, 0.15) is 52.0 Å². The number of hydrogen-bond acceptors (Lipinski definition) is 5. The Morgan fingerprint density at radius 3 is 2.26 bits per heavy atom. The second-order valence-corrected chi connectivity index (χ2v) is 12.6. The summed E-state index contributed by atoms with van der Waals surface area (Å²) in [7, 11) is -3.66. The van der Waals surface area contributed by atoms with Gasteiger partial charge in [-0.15, -0.1) is 0 Å². The summed E-state index contributed by atoms with van der Waals surface area (Å²) in [5.41, 5.74) is -0.587. The molecule has 2 heterocycles. The number of carbonyl (C=O) groups is 3. The number of hydrogen-bond donors (Lipinski definition) is 2. The van der Waals surface area contributed by atoms with Crippen molar-refractivity contribution in [3.63, 3.8) is 0 Å². The standard InChI is InChI=1S/C28H35FN4O5S/c1-4-5-14-28(21-6-8-22(29)9-7-21)26(35)33(27(36)31-28)18-25(34)30-23-10-12-24(13-11-23)39(37,38)32-16-19(2)15-20(3)17-32/h6-13,19-20H,4-5,14-18H2,1-3H3,(H,30,34)(H,31,36)/t19-,20-,28+/m0/s1. The van der Waals surface area contributed by atoms with E-state index in [2.05, 4.69) is 10.6 Å². The number of nitrogens with zero attached hydrogens (tertiary/aromatic N) is 2. The first-order valence-electron chi connectivity index (χ1n) is 13.3. The Bertz CT molecular complexity index is 1320. The lowest BCUT2D eigenvalue weighted by Crippen LogP contribution is -2.44. The Kier molecular flexibility index (Phi) is 8.41. The van der Waals surface area contributed by atoms with E-state index in [1.54, 1.807) is 0 Å². The lowest BCUT2D eigenvalue weighted by Gasteiger charge is -2.34. The van der Waals surface area contributed by atoms with Crippen molar-refractivity contribution in [3.8, 4) is 0 Å². The second kappa shape index (κ2) is 11.4. The van der Waals surface area contributed by atoms with E-state index in [4.69, 9.17) is 0 Å². The molecule has 2 fully saturated rings. The predicted octanol–water partition coefficient (Wildman–Crippen LogP) is 4.07. The predicted molar refractivity (Wildman–Crippen MR) is 145 cm³/mol. The number of benzene rings is 2. The molecule has 4 rings (SSSR count). The highest BCUT2D eigenvalue weighted by atomic mass is 32.2. The van der Waals surface area contributed by atoms with Gasteiger partial charge in [-0.1, -0.05) is 45.7 Å². The minimum atomic E-state index is -3.66. The first-order valence-corrected chi connectivity index (χ1v) is 14.7. The molecule has 39 heavy (non-hydrogen) atoms. The van der Waals surface area contributed by atoms with Crippen LogP contribution in [0.25, 0.3) is 0 Å². The third kappa shape index (κ3) is 5.99. The largest absolute Gasteiger partial charge is 0.325 e. The van der Waals surface area contributed by atoms with E-state index >= 15 is 0 Å². The van der Waals surface area contributed by atoms with Gasteiger partial charge in [0.05, 0.1) is 4.90 Å². The van der Waals surface area contributed by atoms with Gasteiger partial charge in [-0.25, -0.2) is 17.6 Å². The van der Waals surface area contributed by atoms with Crippen LogP contribution in [0.15, 0.2) is 53.4 Å². The average molecular weight is 559 g/mol. The molecule has 0 unspecified atom stereocenters. The Morgan fingerprint density at radius 1 is 1.05 bits per heavy atom. The molecule has 2 N–H and O–H groups in total. The number of piperidine rings is 1. The summed E-state index contributed by atoms with van der Waals surface area (Å²) < 4.78 is 41.3. The highest BCUT2D eigenvalue weighted by Crippen LogP contribution is 2.34. The van der Waals surface area contributed by atoms with E-state index in [1.807, 2.05) is 20.8 Å². The third-order valence-electron chi connectivity index (χ3n) is 7.33. The molecule has 9 nitrogen and oxygen atoms in total. The van der Waals surface area contributed by atoms with Crippen LogP contribution in [0.5, 0.6) is 0 Å². The highest BCUT2D eigenvalue weighted by molar-refractivity contribution is 7.89. The fourth-order valence-electron chi connectivity index (χ4n) is 5.46. The Morgan fingerprint density at radius 2 is 1.67 bits per heavy atom. The van der Waals surface area contributed by atoms with Gasteiger partial charge in [-0.05, 0) is 66.6 Å². The van der Waals surface area contributed by atoms with Gasteiger partial charge in [-0.2, -0.15) is 4.31 Å². The van der Waals surface area contributed by atoms with Gasteiger partial charge in [-0.3, -0.25) is 14.5 Å². The monoisotopic (exact) mass is 558 g/mol. The van der Waals surface area contributed by atoms with Crippen LogP contribution in [-0.2, 0) is 25.2 Å². The molecule has 0 saturated carbocycles. The first-order chi connectivity index (χ1) is 18.5. The van der Waals surface area contributed by atoms with E-state index in [0.717, 1.165) is 17.7 Å². The van der Waals surface area contributed by atoms with E-state index in [0.29, 0.717) is 37.2 Å². The third-order valence-corrected chi connectivity index (χ3v) is 9.18. The van der Waals surface area contributed by atoms with Gasteiger partial charge in [0.15, 0.2) is 0 Å².